The van der Waals surface area contributed by atoms with Crippen LogP contribution in [-0.4, -0.2) is 0 Å². The fourth-order valence-corrected chi connectivity index (χ4v) is 2.42. The van der Waals surface area contributed by atoms with Gasteiger partial charge in [-0.1, -0.05) is 99.3 Å². The second-order valence-electron chi connectivity index (χ2n) is 4.78. The Labute approximate surface area is 129 Å². The largest absolute Gasteiger partial charge is 0.0776 e. The minimum absolute atomic E-state index is 0. The summed E-state index contributed by atoms with van der Waals surface area (Å²) in [5, 5.41) is 0. The number of aryl methyl sites for hydroxylation is 1. The molecule has 0 amide bonds. The maximum Gasteiger partial charge on any atom is -0.0105 e. The molecule has 3 aromatic carbocycles. The Balaban J connectivity index is 0.00000110. The molecule has 0 radical (unpaired) electrons. The molecule has 0 atom stereocenters. The molecule has 0 nitrogen and oxygen atoms in total. The molecule has 21 heavy (non-hydrogen) atoms. The predicted octanol–water partition coefficient (Wildman–Crippen LogP) is 6.60. The molecule has 0 saturated heterocycles. The van der Waals surface area contributed by atoms with Crippen molar-refractivity contribution in [2.45, 2.75) is 21.8 Å². The Hall–Kier alpha value is -2.34. The monoisotopic (exact) mass is 276 g/mol. The third-order valence-electron chi connectivity index (χ3n) is 3.34. The van der Waals surface area contributed by atoms with E-state index in [1.165, 1.54) is 27.8 Å². The van der Waals surface area contributed by atoms with Crippen LogP contribution >= 0.6 is 0 Å². The van der Waals surface area contributed by atoms with Crippen LogP contribution in [0.5, 0.6) is 0 Å². The van der Waals surface area contributed by atoms with Crippen LogP contribution in [0.25, 0.3) is 22.3 Å². The Kier molecular flexibility index (Phi) is 5.92. The molecule has 0 spiro atoms. The highest BCUT2D eigenvalue weighted by molar-refractivity contribution is 5.83. The Bertz CT molecular complexity index is 681. The summed E-state index contributed by atoms with van der Waals surface area (Å²) in [6, 6.07) is 27.8. The number of benzene rings is 3. The summed E-state index contributed by atoms with van der Waals surface area (Å²) in [5.41, 5.74) is 6.41. The fourth-order valence-electron chi connectivity index (χ4n) is 2.42. The van der Waals surface area contributed by atoms with Gasteiger partial charge in [0.15, 0.2) is 0 Å². The second-order valence-corrected chi connectivity index (χ2v) is 4.78. The lowest BCUT2D eigenvalue weighted by atomic mass is 9.94. The van der Waals surface area contributed by atoms with E-state index in [1.807, 2.05) is 0 Å². The van der Waals surface area contributed by atoms with E-state index in [4.69, 9.17) is 0 Å². The van der Waals surface area contributed by atoms with Crippen LogP contribution in [-0.2, 0) is 0 Å². The van der Waals surface area contributed by atoms with Gasteiger partial charge in [-0.05, 0) is 29.2 Å². The molecular weight excluding hydrogens is 252 g/mol. The van der Waals surface area contributed by atoms with E-state index < -0.39 is 0 Å². The molecule has 0 aliphatic carbocycles. The van der Waals surface area contributed by atoms with Gasteiger partial charge < -0.3 is 0 Å². The quantitative estimate of drug-likeness (QED) is 0.494. The molecular formula is C21H24. The van der Waals surface area contributed by atoms with E-state index in [9.17, 15) is 0 Å². The van der Waals surface area contributed by atoms with Gasteiger partial charge in [-0.3, -0.25) is 0 Å². The van der Waals surface area contributed by atoms with Gasteiger partial charge in [0.05, 0.1) is 0 Å². The minimum Gasteiger partial charge on any atom is -0.0776 e. The summed E-state index contributed by atoms with van der Waals surface area (Å²) in [6.07, 6.45) is 0. The van der Waals surface area contributed by atoms with E-state index in [-0.39, 0.29) is 14.9 Å². The van der Waals surface area contributed by atoms with Gasteiger partial charge in [-0.15, -0.1) is 0 Å². The van der Waals surface area contributed by atoms with Crippen LogP contribution in [0.15, 0.2) is 78.9 Å². The highest BCUT2D eigenvalue weighted by Gasteiger charge is 2.06. The molecule has 0 bridgehead atoms. The summed E-state index contributed by atoms with van der Waals surface area (Å²) in [5.74, 6) is 0. The molecule has 108 valence electrons. The van der Waals surface area contributed by atoms with Gasteiger partial charge in [0.25, 0.3) is 0 Å². The molecule has 3 aromatic rings. The Morgan fingerprint density at radius 3 is 1.67 bits per heavy atom. The molecule has 0 aliphatic rings. The van der Waals surface area contributed by atoms with Crippen molar-refractivity contribution in [2.75, 3.05) is 0 Å². The predicted molar refractivity (Wildman–Crippen MR) is 95.5 cm³/mol. The lowest BCUT2D eigenvalue weighted by Crippen LogP contribution is -1.85. The van der Waals surface area contributed by atoms with Crippen molar-refractivity contribution in [3.05, 3.63) is 84.4 Å². The van der Waals surface area contributed by atoms with Gasteiger partial charge in [-0.2, -0.15) is 0 Å². The first-order valence-electron chi connectivity index (χ1n) is 6.56. The molecule has 0 fully saturated rings. The van der Waals surface area contributed by atoms with E-state index in [2.05, 4.69) is 85.8 Å². The average Bonchev–Trinajstić information content (AvgIpc) is 2.48. The van der Waals surface area contributed by atoms with Crippen molar-refractivity contribution < 1.29 is 0 Å². The second kappa shape index (κ2) is 7.44. The smallest absolute Gasteiger partial charge is 0.0105 e. The van der Waals surface area contributed by atoms with Crippen molar-refractivity contribution in [3.63, 3.8) is 0 Å². The Morgan fingerprint density at radius 1 is 0.524 bits per heavy atom. The maximum absolute atomic E-state index is 2.24. The normalized spacial score (nSPS) is 9.38. The van der Waals surface area contributed by atoms with Crippen LogP contribution in [0, 0.1) is 6.92 Å². The summed E-state index contributed by atoms with van der Waals surface area (Å²) < 4.78 is 0. The minimum atomic E-state index is 0. The third kappa shape index (κ3) is 3.61. The van der Waals surface area contributed by atoms with Gasteiger partial charge in [-0.25, -0.2) is 0 Å². The summed E-state index contributed by atoms with van der Waals surface area (Å²) >= 11 is 0. The van der Waals surface area contributed by atoms with Gasteiger partial charge in [0.1, 0.15) is 0 Å². The fraction of sp³-hybridized carbons (Fsp3) is 0.143. The molecule has 0 N–H and O–H groups in total. The zero-order valence-electron chi connectivity index (χ0n) is 11.0. The molecule has 0 aliphatic heterocycles. The van der Waals surface area contributed by atoms with Gasteiger partial charge >= 0.3 is 0 Å². The van der Waals surface area contributed by atoms with Crippen molar-refractivity contribution in [1.82, 2.24) is 0 Å². The van der Waals surface area contributed by atoms with Crippen molar-refractivity contribution in [2.24, 2.45) is 0 Å². The highest BCUT2D eigenvalue weighted by atomic mass is 14.1. The first-order chi connectivity index (χ1) is 9.34. The molecule has 0 heterocycles. The van der Waals surface area contributed by atoms with Crippen molar-refractivity contribution in [1.29, 1.82) is 0 Å². The van der Waals surface area contributed by atoms with E-state index in [0.717, 1.165) is 0 Å². The number of hydrogen-bond acceptors (Lipinski definition) is 0. The molecule has 3 rings (SSSR count). The van der Waals surface area contributed by atoms with E-state index in [1.54, 1.807) is 0 Å². The molecule has 0 saturated carbocycles. The zero-order chi connectivity index (χ0) is 13.1. The molecule has 0 unspecified atom stereocenters. The third-order valence-corrected chi connectivity index (χ3v) is 3.34. The van der Waals surface area contributed by atoms with Crippen molar-refractivity contribution >= 4 is 0 Å². The van der Waals surface area contributed by atoms with Crippen LogP contribution in [0.4, 0.5) is 0 Å². The number of hydrogen-bond donors (Lipinski definition) is 0. The molecule has 0 heteroatoms. The van der Waals surface area contributed by atoms with Crippen LogP contribution < -0.4 is 0 Å². The first-order valence-corrected chi connectivity index (χ1v) is 6.56. The molecule has 0 aromatic heterocycles. The lowest BCUT2D eigenvalue weighted by molar-refractivity contribution is 1.46. The summed E-state index contributed by atoms with van der Waals surface area (Å²) in [4.78, 5) is 0. The standard InChI is InChI=1S/C19H16.2CH4/c1-15-8-7-11-17(14-15)19-13-6-5-12-18(19)16-9-3-2-4-10-16;;/h2-14H,1H3;2*1H4. The van der Waals surface area contributed by atoms with E-state index >= 15 is 0 Å². The van der Waals surface area contributed by atoms with Crippen LogP contribution in [0.1, 0.15) is 20.4 Å². The van der Waals surface area contributed by atoms with Crippen LogP contribution in [0.2, 0.25) is 0 Å². The highest BCUT2D eigenvalue weighted by Crippen LogP contribution is 2.31. The van der Waals surface area contributed by atoms with E-state index in [0.29, 0.717) is 0 Å². The van der Waals surface area contributed by atoms with Gasteiger partial charge in [0.2, 0.25) is 0 Å². The zero-order valence-corrected chi connectivity index (χ0v) is 11.0. The summed E-state index contributed by atoms with van der Waals surface area (Å²) in [7, 11) is 0. The van der Waals surface area contributed by atoms with Crippen LogP contribution in [0.3, 0.4) is 0 Å². The Morgan fingerprint density at radius 2 is 1.05 bits per heavy atom. The average molecular weight is 276 g/mol. The topological polar surface area (TPSA) is 0 Å². The number of rotatable bonds is 2. The first kappa shape index (κ1) is 16.7. The lowest BCUT2D eigenvalue weighted by Gasteiger charge is -2.10. The maximum atomic E-state index is 2.24. The SMILES string of the molecule is C.C.Cc1cccc(-c2ccccc2-c2ccccc2)c1. The summed E-state index contributed by atoms with van der Waals surface area (Å²) in [6.45, 7) is 2.13. The van der Waals surface area contributed by atoms with Gasteiger partial charge in [0, 0.05) is 0 Å². The van der Waals surface area contributed by atoms with Crippen molar-refractivity contribution in [3.8, 4) is 22.3 Å².